The monoisotopic (exact) mass is 294 g/mol. The number of aliphatic hydroxyl groups is 1. The highest BCUT2D eigenvalue weighted by molar-refractivity contribution is 7.92. The topological polar surface area (TPSA) is 54.4 Å². The Kier molecular flexibility index (Phi) is 4.41. The highest BCUT2D eigenvalue weighted by Gasteiger charge is 2.38. The van der Waals surface area contributed by atoms with Crippen molar-refractivity contribution >= 4 is 21.4 Å². The van der Waals surface area contributed by atoms with Crippen molar-refractivity contribution in [3.05, 3.63) is 34.6 Å². The van der Waals surface area contributed by atoms with E-state index in [1.165, 1.54) is 26.0 Å². The molecule has 1 atom stereocenters. The molecule has 0 spiro atoms. The largest absolute Gasteiger partial charge is 0.391 e. The molecular formula is C12H16ClFO3S. The maximum Gasteiger partial charge on any atom is 0.155 e. The van der Waals surface area contributed by atoms with Gasteiger partial charge in [-0.15, -0.1) is 0 Å². The van der Waals surface area contributed by atoms with E-state index in [9.17, 15) is 17.9 Å². The van der Waals surface area contributed by atoms with Crippen LogP contribution in [-0.2, 0) is 16.3 Å². The minimum absolute atomic E-state index is 0.0803. The lowest BCUT2D eigenvalue weighted by molar-refractivity contribution is 0.137. The van der Waals surface area contributed by atoms with E-state index in [1.807, 2.05) is 0 Å². The third-order valence-electron chi connectivity index (χ3n) is 3.19. The summed E-state index contributed by atoms with van der Waals surface area (Å²) in [5.74, 6) is -0.550. The zero-order valence-electron chi connectivity index (χ0n) is 10.4. The molecule has 18 heavy (non-hydrogen) atoms. The van der Waals surface area contributed by atoms with Crippen molar-refractivity contribution in [2.75, 3.05) is 6.26 Å². The molecule has 0 heterocycles. The molecule has 0 aliphatic heterocycles. The summed E-state index contributed by atoms with van der Waals surface area (Å²) in [7, 11) is -3.44. The Hall–Kier alpha value is -0.650. The fraction of sp³-hybridized carbons (Fsp3) is 0.500. The van der Waals surface area contributed by atoms with Crippen LogP contribution in [-0.4, -0.2) is 30.6 Å². The molecule has 0 fully saturated rings. The molecule has 0 amide bonds. The lowest BCUT2D eigenvalue weighted by atomic mass is 9.98. The van der Waals surface area contributed by atoms with Gasteiger partial charge >= 0.3 is 0 Å². The van der Waals surface area contributed by atoms with Crippen molar-refractivity contribution in [3.8, 4) is 0 Å². The molecule has 0 bridgehead atoms. The Bertz CT molecular complexity index is 540. The molecule has 3 nitrogen and oxygen atoms in total. The SMILES string of the molecule is CC(C)(C(O)Cc1ccc(Cl)cc1F)S(C)(=O)=O. The average Bonchev–Trinajstić information content (AvgIpc) is 2.20. The maximum atomic E-state index is 13.6. The van der Waals surface area contributed by atoms with Crippen LogP contribution in [0.15, 0.2) is 18.2 Å². The van der Waals surface area contributed by atoms with Crippen molar-refractivity contribution in [2.45, 2.75) is 31.1 Å². The van der Waals surface area contributed by atoms with Crippen LogP contribution in [0.4, 0.5) is 4.39 Å². The molecule has 0 aliphatic rings. The average molecular weight is 295 g/mol. The summed E-state index contributed by atoms with van der Waals surface area (Å²) >= 11 is 5.62. The van der Waals surface area contributed by atoms with Crippen LogP contribution in [0.5, 0.6) is 0 Å². The van der Waals surface area contributed by atoms with Gasteiger partial charge in [0.25, 0.3) is 0 Å². The third kappa shape index (κ3) is 3.22. The predicted molar refractivity (Wildman–Crippen MR) is 70.0 cm³/mol. The quantitative estimate of drug-likeness (QED) is 0.926. The van der Waals surface area contributed by atoms with Gasteiger partial charge in [-0.3, -0.25) is 0 Å². The first kappa shape index (κ1) is 15.4. The fourth-order valence-electron chi connectivity index (χ4n) is 1.39. The van der Waals surface area contributed by atoms with Gasteiger partial charge in [-0.05, 0) is 31.5 Å². The standard InChI is InChI=1S/C12H16ClFO3S/c1-12(2,18(3,16)17)11(15)6-8-4-5-9(13)7-10(8)14/h4-5,7,11,15H,6H2,1-3H3. The summed E-state index contributed by atoms with van der Waals surface area (Å²) in [5, 5.41) is 10.2. The Morgan fingerprint density at radius 2 is 2.00 bits per heavy atom. The minimum atomic E-state index is -3.44. The van der Waals surface area contributed by atoms with Gasteiger partial charge in [-0.2, -0.15) is 0 Å². The van der Waals surface area contributed by atoms with Gasteiger partial charge < -0.3 is 5.11 Å². The summed E-state index contributed by atoms with van der Waals surface area (Å²) in [6, 6.07) is 4.08. The molecule has 6 heteroatoms. The molecule has 0 radical (unpaired) electrons. The Morgan fingerprint density at radius 1 is 1.44 bits per heavy atom. The number of aliphatic hydroxyl groups excluding tert-OH is 1. The molecule has 0 aromatic heterocycles. The second-order valence-electron chi connectivity index (χ2n) is 4.83. The number of halogens is 2. The van der Waals surface area contributed by atoms with Gasteiger partial charge in [0.15, 0.2) is 9.84 Å². The van der Waals surface area contributed by atoms with Gasteiger partial charge in [0, 0.05) is 17.7 Å². The normalized spacial score (nSPS) is 14.6. The number of benzene rings is 1. The van der Waals surface area contributed by atoms with Gasteiger partial charge in [-0.1, -0.05) is 17.7 Å². The molecular weight excluding hydrogens is 279 g/mol. The fourth-order valence-corrected chi connectivity index (χ4v) is 2.12. The van der Waals surface area contributed by atoms with Crippen molar-refractivity contribution in [3.63, 3.8) is 0 Å². The van der Waals surface area contributed by atoms with E-state index in [2.05, 4.69) is 0 Å². The van der Waals surface area contributed by atoms with E-state index < -0.39 is 26.5 Å². The molecule has 1 N–H and O–H groups in total. The third-order valence-corrected chi connectivity index (χ3v) is 5.61. The van der Waals surface area contributed by atoms with E-state index in [4.69, 9.17) is 11.6 Å². The second-order valence-corrected chi connectivity index (χ2v) is 7.86. The van der Waals surface area contributed by atoms with E-state index in [0.717, 1.165) is 12.3 Å². The van der Waals surface area contributed by atoms with Gasteiger partial charge in [0.2, 0.25) is 0 Å². The van der Waals surface area contributed by atoms with Crippen LogP contribution in [0.25, 0.3) is 0 Å². The highest BCUT2D eigenvalue weighted by Crippen LogP contribution is 2.24. The smallest absolute Gasteiger partial charge is 0.155 e. The van der Waals surface area contributed by atoms with Gasteiger partial charge in [-0.25, -0.2) is 12.8 Å². The van der Waals surface area contributed by atoms with E-state index >= 15 is 0 Å². The number of rotatable bonds is 4. The van der Waals surface area contributed by atoms with Gasteiger partial charge in [0.1, 0.15) is 5.82 Å². The Balaban J connectivity index is 2.98. The van der Waals surface area contributed by atoms with Crippen LogP contribution >= 0.6 is 11.6 Å². The maximum absolute atomic E-state index is 13.6. The Morgan fingerprint density at radius 3 is 2.44 bits per heavy atom. The summed E-state index contributed by atoms with van der Waals surface area (Å²) in [4.78, 5) is 0. The lowest BCUT2D eigenvalue weighted by Gasteiger charge is -2.28. The van der Waals surface area contributed by atoms with Crippen LogP contribution < -0.4 is 0 Å². The van der Waals surface area contributed by atoms with Crippen molar-refractivity contribution in [2.24, 2.45) is 0 Å². The first-order valence-corrected chi connectivity index (χ1v) is 7.64. The molecule has 1 unspecified atom stereocenters. The van der Waals surface area contributed by atoms with Crippen LogP contribution in [0, 0.1) is 5.82 Å². The molecule has 1 aromatic carbocycles. The lowest BCUT2D eigenvalue weighted by Crippen LogP contribution is -2.44. The molecule has 1 rings (SSSR count). The Labute approximate surface area is 112 Å². The summed E-state index contributed by atoms with van der Waals surface area (Å²) < 4.78 is 35.3. The van der Waals surface area contributed by atoms with Crippen molar-refractivity contribution in [1.29, 1.82) is 0 Å². The summed E-state index contributed by atoms with van der Waals surface area (Å²) in [5.41, 5.74) is 0.239. The first-order chi connectivity index (χ1) is 8.05. The molecule has 0 aliphatic carbocycles. The summed E-state index contributed by atoms with van der Waals surface area (Å²) in [6.07, 6.45) is -0.222. The predicted octanol–water partition coefficient (Wildman–Crippen LogP) is 2.21. The number of hydrogen-bond acceptors (Lipinski definition) is 3. The summed E-state index contributed by atoms with van der Waals surface area (Å²) in [6.45, 7) is 2.83. The van der Waals surface area contributed by atoms with Crippen molar-refractivity contribution in [1.82, 2.24) is 0 Å². The minimum Gasteiger partial charge on any atom is -0.391 e. The zero-order chi connectivity index (χ0) is 14.1. The number of hydrogen-bond donors (Lipinski definition) is 1. The zero-order valence-corrected chi connectivity index (χ0v) is 12.0. The molecule has 0 saturated heterocycles. The van der Waals surface area contributed by atoms with Crippen molar-refractivity contribution < 1.29 is 17.9 Å². The van der Waals surface area contributed by atoms with E-state index in [0.29, 0.717) is 0 Å². The second kappa shape index (κ2) is 5.15. The van der Waals surface area contributed by atoms with Crippen LogP contribution in [0.2, 0.25) is 5.02 Å². The van der Waals surface area contributed by atoms with Gasteiger partial charge in [0.05, 0.1) is 10.9 Å². The molecule has 102 valence electrons. The van der Waals surface area contributed by atoms with Crippen LogP contribution in [0.3, 0.4) is 0 Å². The van der Waals surface area contributed by atoms with E-state index in [-0.39, 0.29) is 17.0 Å². The highest BCUT2D eigenvalue weighted by atomic mass is 35.5. The van der Waals surface area contributed by atoms with Crippen LogP contribution in [0.1, 0.15) is 19.4 Å². The molecule has 0 saturated carbocycles. The molecule has 1 aromatic rings. The first-order valence-electron chi connectivity index (χ1n) is 5.37. The van der Waals surface area contributed by atoms with E-state index in [1.54, 1.807) is 0 Å². The number of sulfone groups is 1.